The maximum Gasteiger partial charge on any atom is 0.191 e. The maximum atomic E-state index is 10.6. The predicted octanol–water partition coefficient (Wildman–Crippen LogP) is 0.163. The van der Waals surface area contributed by atoms with Gasteiger partial charge in [0, 0.05) is 52.2 Å². The molecule has 1 aliphatic heterocycles. The molecule has 1 atom stereocenters. The molecule has 2 rings (SSSR count). The molecule has 0 aliphatic carbocycles. The topological polar surface area (TPSA) is 74.0 Å². The first-order valence-electron chi connectivity index (χ1n) is 8.64. The minimum absolute atomic E-state index is 0.449. The molecular formula is C17H31N5O2. The molecule has 0 spiro atoms. The molecule has 7 heteroatoms. The van der Waals surface area contributed by atoms with Gasteiger partial charge in [0.25, 0.3) is 0 Å². The average Bonchev–Trinajstić information content (AvgIpc) is 2.96. The smallest absolute Gasteiger partial charge is 0.191 e. The normalized spacial score (nSPS) is 19.1. The van der Waals surface area contributed by atoms with Crippen molar-refractivity contribution in [3.63, 3.8) is 0 Å². The van der Waals surface area contributed by atoms with Crippen molar-refractivity contribution < 1.29 is 9.84 Å². The molecule has 7 nitrogen and oxygen atoms in total. The lowest BCUT2D eigenvalue weighted by Gasteiger charge is -2.34. The Labute approximate surface area is 144 Å². The first-order valence-corrected chi connectivity index (χ1v) is 8.64. The number of guanidine groups is 1. The number of nitrogens with zero attached hydrogens (tertiary/aromatic N) is 3. The van der Waals surface area contributed by atoms with E-state index in [1.165, 1.54) is 0 Å². The molecule has 0 bridgehead atoms. The van der Waals surface area contributed by atoms with E-state index in [0.717, 1.165) is 44.4 Å². The molecule has 1 aromatic rings. The van der Waals surface area contributed by atoms with Crippen LogP contribution in [0.5, 0.6) is 0 Å². The van der Waals surface area contributed by atoms with Gasteiger partial charge in [0.1, 0.15) is 0 Å². The van der Waals surface area contributed by atoms with Gasteiger partial charge in [-0.1, -0.05) is 0 Å². The minimum atomic E-state index is -0.819. The molecule has 1 saturated heterocycles. The van der Waals surface area contributed by atoms with Gasteiger partial charge in [-0.3, -0.25) is 4.90 Å². The lowest BCUT2D eigenvalue weighted by molar-refractivity contribution is -0.0201. The summed E-state index contributed by atoms with van der Waals surface area (Å²) in [6.07, 6.45) is 4.07. The van der Waals surface area contributed by atoms with Gasteiger partial charge in [-0.25, -0.2) is 4.99 Å². The average molecular weight is 337 g/mol. The van der Waals surface area contributed by atoms with Crippen LogP contribution in [0.2, 0.25) is 0 Å². The Morgan fingerprint density at radius 3 is 2.75 bits per heavy atom. The van der Waals surface area contributed by atoms with Gasteiger partial charge in [0.05, 0.1) is 25.4 Å². The number of aliphatic hydroxyl groups is 1. The SMILES string of the molecule is CCNC(=NCc1ccn(C)c1)NCC(C)(O)CN1CCOCC1. The molecule has 0 radical (unpaired) electrons. The van der Waals surface area contributed by atoms with E-state index in [4.69, 9.17) is 4.74 Å². The van der Waals surface area contributed by atoms with Gasteiger partial charge in [0.2, 0.25) is 0 Å². The molecular weight excluding hydrogens is 306 g/mol. The highest BCUT2D eigenvalue weighted by Gasteiger charge is 2.25. The number of hydrogen-bond acceptors (Lipinski definition) is 4. The predicted molar refractivity (Wildman–Crippen MR) is 96.1 cm³/mol. The number of rotatable bonds is 7. The van der Waals surface area contributed by atoms with Crippen LogP contribution in [0.4, 0.5) is 0 Å². The minimum Gasteiger partial charge on any atom is -0.387 e. The largest absolute Gasteiger partial charge is 0.387 e. The third-order valence-corrected chi connectivity index (χ3v) is 3.96. The van der Waals surface area contributed by atoms with Crippen molar-refractivity contribution in [2.75, 3.05) is 45.9 Å². The Hall–Kier alpha value is -1.57. The Morgan fingerprint density at radius 2 is 2.12 bits per heavy atom. The van der Waals surface area contributed by atoms with Gasteiger partial charge in [-0.2, -0.15) is 0 Å². The third-order valence-electron chi connectivity index (χ3n) is 3.96. The fourth-order valence-electron chi connectivity index (χ4n) is 2.74. The molecule has 0 saturated carbocycles. The first kappa shape index (κ1) is 18.8. The second-order valence-electron chi connectivity index (χ2n) is 6.62. The fourth-order valence-corrected chi connectivity index (χ4v) is 2.74. The number of ether oxygens (including phenoxy) is 1. The molecule has 0 aromatic carbocycles. The highest BCUT2D eigenvalue weighted by atomic mass is 16.5. The summed E-state index contributed by atoms with van der Waals surface area (Å²) in [4.78, 5) is 6.82. The van der Waals surface area contributed by atoms with Crippen molar-refractivity contribution in [1.82, 2.24) is 20.1 Å². The highest BCUT2D eigenvalue weighted by molar-refractivity contribution is 5.79. The summed E-state index contributed by atoms with van der Waals surface area (Å²) in [5, 5.41) is 17.1. The molecule has 0 amide bonds. The number of aliphatic imine (C=N–C) groups is 1. The second-order valence-corrected chi connectivity index (χ2v) is 6.62. The van der Waals surface area contributed by atoms with E-state index in [-0.39, 0.29) is 0 Å². The fraction of sp³-hybridized carbons (Fsp3) is 0.706. The van der Waals surface area contributed by atoms with Crippen LogP contribution < -0.4 is 10.6 Å². The van der Waals surface area contributed by atoms with Crippen LogP contribution in [0, 0.1) is 0 Å². The Morgan fingerprint density at radius 1 is 1.38 bits per heavy atom. The van der Waals surface area contributed by atoms with Gasteiger partial charge in [-0.05, 0) is 25.5 Å². The number of morpholine rings is 1. The highest BCUT2D eigenvalue weighted by Crippen LogP contribution is 2.08. The van der Waals surface area contributed by atoms with Crippen molar-refractivity contribution in [1.29, 1.82) is 0 Å². The summed E-state index contributed by atoms with van der Waals surface area (Å²) in [6, 6.07) is 2.06. The van der Waals surface area contributed by atoms with Crippen LogP contribution in [-0.2, 0) is 18.3 Å². The van der Waals surface area contributed by atoms with Crippen LogP contribution in [0.15, 0.2) is 23.5 Å². The van der Waals surface area contributed by atoms with E-state index >= 15 is 0 Å². The molecule has 1 aliphatic rings. The molecule has 24 heavy (non-hydrogen) atoms. The Bertz CT molecular complexity index is 521. The zero-order valence-corrected chi connectivity index (χ0v) is 15.1. The van der Waals surface area contributed by atoms with Gasteiger partial charge in [0.15, 0.2) is 5.96 Å². The zero-order chi connectivity index (χ0) is 17.4. The van der Waals surface area contributed by atoms with Crippen LogP contribution >= 0.6 is 0 Å². The Balaban J connectivity index is 1.84. The standard InChI is InChI=1S/C17H31N5O2/c1-4-18-16(19-11-15-5-6-21(3)12-15)20-13-17(2,23)14-22-7-9-24-10-8-22/h5-6,12,23H,4,7-11,13-14H2,1-3H3,(H2,18,19,20). The lowest BCUT2D eigenvalue weighted by atomic mass is 10.1. The first-order chi connectivity index (χ1) is 11.5. The number of aromatic nitrogens is 1. The van der Waals surface area contributed by atoms with E-state index in [2.05, 4.69) is 32.8 Å². The molecule has 1 unspecified atom stereocenters. The van der Waals surface area contributed by atoms with Crippen molar-refractivity contribution >= 4 is 5.96 Å². The summed E-state index contributed by atoms with van der Waals surface area (Å²) >= 11 is 0. The van der Waals surface area contributed by atoms with Gasteiger partial charge < -0.3 is 25.0 Å². The second kappa shape index (κ2) is 9.05. The quantitative estimate of drug-likeness (QED) is 0.488. The number of nitrogens with one attached hydrogen (secondary N) is 2. The summed E-state index contributed by atoms with van der Waals surface area (Å²) in [7, 11) is 2.00. The van der Waals surface area contributed by atoms with Gasteiger partial charge >= 0.3 is 0 Å². The molecule has 2 heterocycles. The van der Waals surface area contributed by atoms with Crippen LogP contribution in [-0.4, -0.2) is 72.1 Å². The summed E-state index contributed by atoms with van der Waals surface area (Å²) < 4.78 is 7.36. The Kier molecular flexibility index (Phi) is 7.08. The van der Waals surface area contributed by atoms with Crippen molar-refractivity contribution in [2.24, 2.45) is 12.0 Å². The molecule has 1 aromatic heterocycles. The number of β-amino-alcohol motifs (C(OH)–C–C–N with tert-alkyl or cyclic N) is 1. The molecule has 3 N–H and O–H groups in total. The van der Waals surface area contributed by atoms with E-state index < -0.39 is 5.60 Å². The van der Waals surface area contributed by atoms with Crippen molar-refractivity contribution in [3.8, 4) is 0 Å². The summed E-state index contributed by atoms with van der Waals surface area (Å²) in [6.45, 7) is 9.59. The van der Waals surface area contributed by atoms with Crippen LogP contribution in [0.1, 0.15) is 19.4 Å². The van der Waals surface area contributed by atoms with E-state index in [1.54, 1.807) is 0 Å². The van der Waals surface area contributed by atoms with Gasteiger partial charge in [-0.15, -0.1) is 0 Å². The summed E-state index contributed by atoms with van der Waals surface area (Å²) in [5.41, 5.74) is 0.343. The van der Waals surface area contributed by atoms with Crippen molar-refractivity contribution in [2.45, 2.75) is 26.0 Å². The van der Waals surface area contributed by atoms with Crippen LogP contribution in [0.3, 0.4) is 0 Å². The van der Waals surface area contributed by atoms with Crippen LogP contribution in [0.25, 0.3) is 0 Å². The number of aryl methyl sites for hydroxylation is 1. The van der Waals surface area contributed by atoms with E-state index in [9.17, 15) is 5.11 Å². The summed E-state index contributed by atoms with van der Waals surface area (Å²) in [5.74, 6) is 0.726. The lowest BCUT2D eigenvalue weighted by Crippen LogP contribution is -2.52. The molecule has 1 fully saturated rings. The maximum absolute atomic E-state index is 10.6. The van der Waals surface area contributed by atoms with E-state index in [0.29, 0.717) is 19.6 Å². The monoisotopic (exact) mass is 337 g/mol. The molecule has 136 valence electrons. The third kappa shape index (κ3) is 6.51. The zero-order valence-electron chi connectivity index (χ0n) is 15.1. The van der Waals surface area contributed by atoms with E-state index in [1.807, 2.05) is 31.7 Å². The number of hydrogen-bond donors (Lipinski definition) is 3. The van der Waals surface area contributed by atoms with Crippen molar-refractivity contribution in [3.05, 3.63) is 24.0 Å².